The van der Waals surface area contributed by atoms with Gasteiger partial charge < -0.3 is 5.32 Å². The number of nitrogens with zero attached hydrogens (tertiary/aromatic N) is 1. The predicted molar refractivity (Wildman–Crippen MR) is 72.1 cm³/mol. The van der Waals surface area contributed by atoms with Crippen molar-refractivity contribution in [1.82, 2.24) is 5.32 Å². The van der Waals surface area contributed by atoms with Crippen LogP contribution in [0.2, 0.25) is 0 Å². The summed E-state index contributed by atoms with van der Waals surface area (Å²) in [6.07, 6.45) is 0. The fourth-order valence-electron chi connectivity index (χ4n) is 1.93. The van der Waals surface area contributed by atoms with E-state index in [1.807, 2.05) is 6.92 Å². The van der Waals surface area contributed by atoms with Crippen molar-refractivity contribution in [2.45, 2.75) is 48.5 Å². The molecule has 0 saturated carbocycles. The topological polar surface area (TPSA) is 41.5 Å². The summed E-state index contributed by atoms with van der Waals surface area (Å²) < 4.78 is 0. The van der Waals surface area contributed by atoms with Gasteiger partial charge in [-0.1, -0.05) is 41.5 Å². The first-order chi connectivity index (χ1) is 7.53. The summed E-state index contributed by atoms with van der Waals surface area (Å²) in [5.41, 5.74) is 2.37. The highest BCUT2D eigenvalue weighted by atomic mass is 16.1. The van der Waals surface area contributed by atoms with Crippen LogP contribution in [0.5, 0.6) is 0 Å². The minimum atomic E-state index is -0.194. The second kappa shape index (κ2) is 4.28. The summed E-state index contributed by atoms with van der Waals surface area (Å²) in [6, 6.07) is 0. The van der Waals surface area contributed by atoms with Gasteiger partial charge in [0.1, 0.15) is 0 Å². The third-order valence-corrected chi connectivity index (χ3v) is 2.73. The van der Waals surface area contributed by atoms with Gasteiger partial charge in [0.05, 0.1) is 12.2 Å². The number of rotatable bonds is 0. The number of carbonyl (C=O) groups excluding carboxylic acids is 1. The van der Waals surface area contributed by atoms with E-state index in [0.717, 1.165) is 17.0 Å². The van der Waals surface area contributed by atoms with Gasteiger partial charge in [0.2, 0.25) is 5.91 Å². The van der Waals surface area contributed by atoms with E-state index in [4.69, 9.17) is 0 Å². The zero-order valence-electron chi connectivity index (χ0n) is 12.1. The maximum Gasteiger partial charge on any atom is 0.249 e. The van der Waals surface area contributed by atoms with Gasteiger partial charge >= 0.3 is 0 Å². The fraction of sp³-hybridized carbons (Fsp3) is 0.714. The van der Waals surface area contributed by atoms with Crippen LogP contribution in [0.4, 0.5) is 0 Å². The van der Waals surface area contributed by atoms with Crippen molar-refractivity contribution >= 4 is 11.6 Å². The molecule has 1 aliphatic rings. The van der Waals surface area contributed by atoms with Gasteiger partial charge in [-0.25, -0.2) is 0 Å². The highest BCUT2D eigenvalue weighted by Gasteiger charge is 2.33. The van der Waals surface area contributed by atoms with Crippen LogP contribution in [0.1, 0.15) is 48.5 Å². The van der Waals surface area contributed by atoms with E-state index in [0.29, 0.717) is 6.54 Å². The number of hydrogen-bond donors (Lipinski definition) is 1. The van der Waals surface area contributed by atoms with Gasteiger partial charge in [-0.3, -0.25) is 9.79 Å². The highest BCUT2D eigenvalue weighted by Crippen LogP contribution is 2.38. The molecule has 0 atom stereocenters. The molecule has 1 aliphatic heterocycles. The van der Waals surface area contributed by atoms with Gasteiger partial charge in [0, 0.05) is 16.7 Å². The Balaban J connectivity index is 3.51. The molecule has 0 unspecified atom stereocenters. The van der Waals surface area contributed by atoms with E-state index in [1.165, 1.54) is 0 Å². The zero-order chi connectivity index (χ0) is 13.4. The molecular formula is C14H24N2O. The van der Waals surface area contributed by atoms with E-state index in [9.17, 15) is 4.79 Å². The molecule has 0 aromatic carbocycles. The minimum absolute atomic E-state index is 0.0167. The van der Waals surface area contributed by atoms with Crippen LogP contribution in [0, 0.1) is 10.8 Å². The molecule has 0 fully saturated rings. The lowest BCUT2D eigenvalue weighted by molar-refractivity contribution is -0.118. The van der Waals surface area contributed by atoms with Gasteiger partial charge in [-0.2, -0.15) is 0 Å². The Hall–Kier alpha value is -1.12. The number of hydrogen-bond acceptors (Lipinski definition) is 2. The van der Waals surface area contributed by atoms with E-state index < -0.39 is 0 Å². The van der Waals surface area contributed by atoms with Crippen LogP contribution in [0.15, 0.2) is 16.3 Å². The Morgan fingerprint density at radius 1 is 1.06 bits per heavy atom. The number of aliphatic imine (C=N–C) groups is 1. The molecule has 0 aromatic heterocycles. The van der Waals surface area contributed by atoms with Crippen molar-refractivity contribution in [3.8, 4) is 0 Å². The maximum absolute atomic E-state index is 12.2. The van der Waals surface area contributed by atoms with Crippen LogP contribution in [0.3, 0.4) is 0 Å². The SMILES string of the molecule is CC1=NC(C(C)(C)C)=C(C(C)(C)C)C(=O)NC1. The Kier molecular flexibility index (Phi) is 3.51. The monoisotopic (exact) mass is 236 g/mol. The molecule has 1 amide bonds. The van der Waals surface area contributed by atoms with Crippen molar-refractivity contribution in [1.29, 1.82) is 0 Å². The lowest BCUT2D eigenvalue weighted by Gasteiger charge is -2.29. The first-order valence-corrected chi connectivity index (χ1v) is 6.11. The van der Waals surface area contributed by atoms with E-state index in [1.54, 1.807) is 0 Å². The first kappa shape index (κ1) is 13.9. The highest BCUT2D eigenvalue weighted by molar-refractivity contribution is 6.00. The minimum Gasteiger partial charge on any atom is -0.347 e. The predicted octanol–water partition coefficient (Wildman–Crippen LogP) is 2.92. The standard InChI is InChI=1S/C14H24N2O/c1-9-8-15-12(17)10(13(2,3)4)11(16-9)14(5,6)7/h8H2,1-7H3,(H,15,17). The van der Waals surface area contributed by atoms with Crippen molar-refractivity contribution in [3.05, 3.63) is 11.3 Å². The smallest absolute Gasteiger partial charge is 0.249 e. The molecule has 1 rings (SSSR count). The van der Waals surface area contributed by atoms with E-state index in [-0.39, 0.29) is 16.7 Å². The summed E-state index contributed by atoms with van der Waals surface area (Å²) in [7, 11) is 0. The Morgan fingerprint density at radius 2 is 1.59 bits per heavy atom. The lowest BCUT2D eigenvalue weighted by Crippen LogP contribution is -2.33. The third kappa shape index (κ3) is 3.18. The van der Waals surface area contributed by atoms with Gasteiger partial charge in [0.15, 0.2) is 0 Å². The van der Waals surface area contributed by atoms with E-state index in [2.05, 4.69) is 51.9 Å². The summed E-state index contributed by atoms with van der Waals surface area (Å²) in [4.78, 5) is 16.9. The molecule has 1 N–H and O–H groups in total. The molecule has 0 saturated heterocycles. The van der Waals surface area contributed by atoms with Gasteiger partial charge in [-0.05, 0) is 12.3 Å². The largest absolute Gasteiger partial charge is 0.347 e. The Bertz CT molecular complexity index is 389. The number of amides is 1. The number of carbonyl (C=O) groups is 1. The molecule has 3 nitrogen and oxygen atoms in total. The molecule has 0 bridgehead atoms. The first-order valence-electron chi connectivity index (χ1n) is 6.11. The second-order valence-electron chi connectivity index (χ2n) is 6.75. The molecule has 0 aliphatic carbocycles. The van der Waals surface area contributed by atoms with Crippen LogP contribution in [-0.4, -0.2) is 18.2 Å². The molecule has 1 heterocycles. The average Bonchev–Trinajstić information content (AvgIpc) is 2.23. The summed E-state index contributed by atoms with van der Waals surface area (Å²) >= 11 is 0. The maximum atomic E-state index is 12.2. The quantitative estimate of drug-likeness (QED) is 0.690. The van der Waals surface area contributed by atoms with Crippen LogP contribution >= 0.6 is 0 Å². The lowest BCUT2D eigenvalue weighted by atomic mass is 9.78. The Labute approximate surface area is 104 Å². The number of allylic oxidation sites excluding steroid dienone is 1. The molecular weight excluding hydrogens is 212 g/mol. The molecule has 0 aromatic rings. The van der Waals surface area contributed by atoms with Crippen LogP contribution in [-0.2, 0) is 4.79 Å². The van der Waals surface area contributed by atoms with Crippen molar-refractivity contribution in [2.24, 2.45) is 15.8 Å². The van der Waals surface area contributed by atoms with E-state index >= 15 is 0 Å². The van der Waals surface area contributed by atoms with Crippen molar-refractivity contribution < 1.29 is 4.79 Å². The molecule has 0 radical (unpaired) electrons. The van der Waals surface area contributed by atoms with Crippen molar-refractivity contribution in [2.75, 3.05) is 6.54 Å². The van der Waals surface area contributed by atoms with Crippen LogP contribution < -0.4 is 5.32 Å². The Morgan fingerprint density at radius 3 is 2.00 bits per heavy atom. The van der Waals surface area contributed by atoms with Crippen molar-refractivity contribution in [3.63, 3.8) is 0 Å². The molecule has 3 heteroatoms. The average molecular weight is 236 g/mol. The second-order valence-corrected chi connectivity index (χ2v) is 6.75. The summed E-state index contributed by atoms with van der Waals surface area (Å²) in [6.45, 7) is 15.0. The summed E-state index contributed by atoms with van der Waals surface area (Å²) in [5, 5.41) is 2.93. The van der Waals surface area contributed by atoms with Gasteiger partial charge in [-0.15, -0.1) is 0 Å². The molecule has 17 heavy (non-hydrogen) atoms. The number of nitrogens with one attached hydrogen (secondary N) is 1. The molecule has 0 spiro atoms. The normalized spacial score (nSPS) is 18.8. The summed E-state index contributed by atoms with van der Waals surface area (Å²) in [5.74, 6) is 0.0167. The third-order valence-electron chi connectivity index (χ3n) is 2.73. The zero-order valence-corrected chi connectivity index (χ0v) is 12.1. The molecule has 96 valence electrons. The fourth-order valence-corrected chi connectivity index (χ4v) is 1.93. The van der Waals surface area contributed by atoms with Gasteiger partial charge in [0.25, 0.3) is 0 Å². The van der Waals surface area contributed by atoms with Crippen LogP contribution in [0.25, 0.3) is 0 Å².